The van der Waals surface area contributed by atoms with Crippen LogP contribution >= 0.6 is 11.3 Å². The lowest BCUT2D eigenvalue weighted by Gasteiger charge is -1.81. The Balaban J connectivity index is 2.86. The number of carboxylic acids is 1. The van der Waals surface area contributed by atoms with Crippen LogP contribution in [0.2, 0.25) is 0 Å². The van der Waals surface area contributed by atoms with Gasteiger partial charge in [-0.1, -0.05) is 0 Å². The molecular weight excluding hydrogens is 174 g/mol. The maximum Gasteiger partial charge on any atom is 0.345 e. The molecule has 0 fully saturated rings. The van der Waals surface area contributed by atoms with Crippen molar-refractivity contribution >= 4 is 23.4 Å². The fourth-order valence-corrected chi connectivity index (χ4v) is 1.43. The maximum atomic E-state index is 10.4. The number of hydrogen-bond acceptors (Lipinski definition) is 3. The SMILES string of the molecule is N#CC=Cc1ccc(C(=O)O)s1. The molecule has 1 aromatic heterocycles. The zero-order valence-corrected chi connectivity index (χ0v) is 6.84. The van der Waals surface area contributed by atoms with Gasteiger partial charge < -0.3 is 5.11 Å². The standard InChI is InChI=1S/C8H5NO2S/c9-5-1-2-6-3-4-7(12-6)8(10)11/h1-4H,(H,10,11). The van der Waals surface area contributed by atoms with Crippen LogP contribution in [0.5, 0.6) is 0 Å². The highest BCUT2D eigenvalue weighted by molar-refractivity contribution is 7.14. The molecule has 0 amide bonds. The zero-order chi connectivity index (χ0) is 8.97. The molecule has 60 valence electrons. The first kappa shape index (κ1) is 8.50. The van der Waals surface area contributed by atoms with E-state index in [0.717, 1.165) is 16.2 Å². The van der Waals surface area contributed by atoms with E-state index in [0.29, 0.717) is 0 Å². The summed E-state index contributed by atoms with van der Waals surface area (Å²) >= 11 is 1.14. The van der Waals surface area contributed by atoms with Crippen molar-refractivity contribution in [3.05, 3.63) is 28.0 Å². The average Bonchev–Trinajstić information content (AvgIpc) is 2.48. The van der Waals surface area contributed by atoms with E-state index in [1.54, 1.807) is 12.1 Å². The van der Waals surface area contributed by atoms with Gasteiger partial charge in [-0.15, -0.1) is 11.3 Å². The quantitative estimate of drug-likeness (QED) is 0.706. The smallest absolute Gasteiger partial charge is 0.345 e. The molecule has 4 heteroatoms. The molecule has 12 heavy (non-hydrogen) atoms. The number of aromatic carboxylic acids is 1. The summed E-state index contributed by atoms with van der Waals surface area (Å²) in [5.41, 5.74) is 0. The number of thiophene rings is 1. The fraction of sp³-hybridized carbons (Fsp3) is 0. The molecule has 0 spiro atoms. The van der Waals surface area contributed by atoms with Gasteiger partial charge in [0.25, 0.3) is 0 Å². The van der Waals surface area contributed by atoms with Crippen molar-refractivity contribution < 1.29 is 9.90 Å². The van der Waals surface area contributed by atoms with Gasteiger partial charge in [-0.25, -0.2) is 4.79 Å². The number of carboxylic acid groups (broad SMARTS) is 1. The lowest BCUT2D eigenvalue weighted by molar-refractivity contribution is 0.0702. The Morgan fingerprint density at radius 3 is 2.92 bits per heavy atom. The van der Waals surface area contributed by atoms with Gasteiger partial charge in [0.15, 0.2) is 0 Å². The van der Waals surface area contributed by atoms with E-state index in [1.165, 1.54) is 12.1 Å². The van der Waals surface area contributed by atoms with Gasteiger partial charge in [-0.05, 0) is 18.2 Å². The van der Waals surface area contributed by atoms with Crippen LogP contribution in [0.3, 0.4) is 0 Å². The number of hydrogen-bond donors (Lipinski definition) is 1. The summed E-state index contributed by atoms with van der Waals surface area (Å²) in [6.45, 7) is 0. The molecule has 0 aromatic carbocycles. The first-order valence-corrected chi connectivity index (χ1v) is 3.95. The van der Waals surface area contributed by atoms with E-state index < -0.39 is 5.97 Å². The molecule has 0 atom stereocenters. The number of carbonyl (C=O) groups is 1. The largest absolute Gasteiger partial charge is 0.477 e. The summed E-state index contributed by atoms with van der Waals surface area (Å²) in [5, 5.41) is 16.7. The first-order valence-electron chi connectivity index (χ1n) is 3.13. The van der Waals surface area contributed by atoms with Crippen molar-refractivity contribution in [1.29, 1.82) is 5.26 Å². The van der Waals surface area contributed by atoms with Crippen LogP contribution in [0.4, 0.5) is 0 Å². The van der Waals surface area contributed by atoms with Gasteiger partial charge in [-0.2, -0.15) is 5.26 Å². The monoisotopic (exact) mass is 179 g/mol. The molecule has 1 N–H and O–H groups in total. The molecule has 0 aliphatic carbocycles. The minimum absolute atomic E-state index is 0.285. The number of nitriles is 1. The molecule has 0 saturated heterocycles. The first-order chi connectivity index (χ1) is 5.74. The average molecular weight is 179 g/mol. The van der Waals surface area contributed by atoms with Crippen molar-refractivity contribution in [3.8, 4) is 6.07 Å². The summed E-state index contributed by atoms with van der Waals surface area (Å²) in [7, 11) is 0. The third-order valence-electron chi connectivity index (χ3n) is 1.16. The summed E-state index contributed by atoms with van der Waals surface area (Å²) in [6, 6.07) is 5.02. The number of nitrogens with zero attached hydrogens (tertiary/aromatic N) is 1. The number of allylic oxidation sites excluding steroid dienone is 1. The third kappa shape index (κ3) is 1.94. The summed E-state index contributed by atoms with van der Waals surface area (Å²) < 4.78 is 0. The predicted molar refractivity (Wildman–Crippen MR) is 45.9 cm³/mol. The normalized spacial score (nSPS) is 9.92. The van der Waals surface area contributed by atoms with Gasteiger partial charge in [0.05, 0.1) is 6.07 Å². The van der Waals surface area contributed by atoms with Gasteiger partial charge in [-0.3, -0.25) is 0 Å². The Labute approximate surface area is 73.2 Å². The Bertz CT molecular complexity index is 359. The minimum Gasteiger partial charge on any atom is -0.477 e. The van der Waals surface area contributed by atoms with Crippen LogP contribution in [-0.4, -0.2) is 11.1 Å². The lowest BCUT2D eigenvalue weighted by atomic mass is 10.4. The van der Waals surface area contributed by atoms with Crippen molar-refractivity contribution in [3.63, 3.8) is 0 Å². The molecule has 3 nitrogen and oxygen atoms in total. The highest BCUT2D eigenvalue weighted by Gasteiger charge is 2.04. The maximum absolute atomic E-state index is 10.4. The lowest BCUT2D eigenvalue weighted by Crippen LogP contribution is -1.89. The topological polar surface area (TPSA) is 61.1 Å². The van der Waals surface area contributed by atoms with E-state index in [2.05, 4.69) is 0 Å². The second kappa shape index (κ2) is 3.69. The van der Waals surface area contributed by atoms with Gasteiger partial charge in [0, 0.05) is 11.0 Å². The van der Waals surface area contributed by atoms with E-state index in [9.17, 15) is 4.79 Å². The minimum atomic E-state index is -0.934. The van der Waals surface area contributed by atoms with Crippen LogP contribution in [-0.2, 0) is 0 Å². The molecule has 1 rings (SSSR count). The third-order valence-corrected chi connectivity index (χ3v) is 2.20. The van der Waals surface area contributed by atoms with Gasteiger partial charge in [0.1, 0.15) is 4.88 Å². The van der Waals surface area contributed by atoms with Crippen molar-refractivity contribution in [2.75, 3.05) is 0 Å². The highest BCUT2D eigenvalue weighted by atomic mass is 32.1. The van der Waals surface area contributed by atoms with Crippen molar-refractivity contribution in [1.82, 2.24) is 0 Å². The van der Waals surface area contributed by atoms with Crippen LogP contribution in [0.25, 0.3) is 6.08 Å². The Kier molecular flexibility index (Phi) is 2.62. The van der Waals surface area contributed by atoms with Crippen LogP contribution < -0.4 is 0 Å². The molecule has 0 unspecified atom stereocenters. The molecule has 1 aromatic rings. The molecule has 0 bridgehead atoms. The van der Waals surface area contributed by atoms with Gasteiger partial charge >= 0.3 is 5.97 Å². The van der Waals surface area contributed by atoms with E-state index >= 15 is 0 Å². The Morgan fingerprint density at radius 1 is 1.67 bits per heavy atom. The molecule has 1 heterocycles. The van der Waals surface area contributed by atoms with Crippen LogP contribution in [0.15, 0.2) is 18.2 Å². The summed E-state index contributed by atoms with van der Waals surface area (Å²) in [6.07, 6.45) is 2.90. The molecule has 0 radical (unpaired) electrons. The van der Waals surface area contributed by atoms with Crippen LogP contribution in [0.1, 0.15) is 14.5 Å². The van der Waals surface area contributed by atoms with E-state index in [-0.39, 0.29) is 4.88 Å². The predicted octanol–water partition coefficient (Wildman–Crippen LogP) is 1.98. The van der Waals surface area contributed by atoms with Crippen molar-refractivity contribution in [2.45, 2.75) is 0 Å². The van der Waals surface area contributed by atoms with Crippen LogP contribution in [0, 0.1) is 11.3 Å². The second-order valence-electron chi connectivity index (χ2n) is 1.97. The zero-order valence-electron chi connectivity index (χ0n) is 6.02. The summed E-state index contributed by atoms with van der Waals surface area (Å²) in [4.78, 5) is 11.5. The van der Waals surface area contributed by atoms with E-state index in [1.807, 2.05) is 6.07 Å². The molecule has 0 saturated carbocycles. The molecular formula is C8H5NO2S. The molecule has 0 aliphatic rings. The number of rotatable bonds is 2. The van der Waals surface area contributed by atoms with Crippen molar-refractivity contribution in [2.24, 2.45) is 0 Å². The van der Waals surface area contributed by atoms with E-state index in [4.69, 9.17) is 10.4 Å². The fourth-order valence-electron chi connectivity index (χ4n) is 0.677. The van der Waals surface area contributed by atoms with Gasteiger partial charge in [0.2, 0.25) is 0 Å². The summed E-state index contributed by atoms with van der Waals surface area (Å²) in [5.74, 6) is -0.934. The highest BCUT2D eigenvalue weighted by Crippen LogP contribution is 2.17. The second-order valence-corrected chi connectivity index (χ2v) is 3.08. The molecule has 0 aliphatic heterocycles. The Hall–Kier alpha value is -1.60. The Morgan fingerprint density at radius 2 is 2.42 bits per heavy atom.